The predicted octanol–water partition coefficient (Wildman–Crippen LogP) is 3.27. The van der Waals surface area contributed by atoms with E-state index in [-0.39, 0.29) is 29.2 Å². The zero-order valence-electron chi connectivity index (χ0n) is 17.9. The number of hydrogen-bond donors (Lipinski definition) is 0. The maximum absolute atomic E-state index is 13.2. The number of aromatic nitrogens is 3. The van der Waals surface area contributed by atoms with Crippen molar-refractivity contribution in [2.75, 3.05) is 17.3 Å². The van der Waals surface area contributed by atoms with E-state index in [0.717, 1.165) is 17.0 Å². The monoisotopic (exact) mass is 470 g/mol. The first-order chi connectivity index (χ1) is 15.5. The third-order valence-electron chi connectivity index (χ3n) is 5.56. The lowest BCUT2D eigenvalue weighted by atomic mass is 10.1. The highest BCUT2D eigenvalue weighted by molar-refractivity contribution is 7.99. The lowest BCUT2D eigenvalue weighted by Gasteiger charge is -2.28. The topological polar surface area (TPSA) is 85.2 Å². The number of nitrogens with zero attached hydrogens (tertiary/aromatic N) is 4. The highest BCUT2D eigenvalue weighted by atomic mass is 32.2. The molecule has 1 atom stereocenters. The van der Waals surface area contributed by atoms with Gasteiger partial charge < -0.3 is 9.47 Å². The molecule has 1 aliphatic rings. The number of rotatable bonds is 8. The molecule has 0 aliphatic carbocycles. The Morgan fingerprint density at radius 2 is 1.78 bits per heavy atom. The summed E-state index contributed by atoms with van der Waals surface area (Å²) in [5, 5.41) is 9.32. The highest BCUT2D eigenvalue weighted by Crippen LogP contribution is 2.26. The quantitative estimate of drug-likeness (QED) is 0.470. The minimum atomic E-state index is -3.10. The molecule has 1 saturated heterocycles. The van der Waals surface area contributed by atoms with Crippen molar-refractivity contribution in [2.45, 2.75) is 37.6 Å². The van der Waals surface area contributed by atoms with E-state index in [1.165, 1.54) is 11.8 Å². The van der Waals surface area contributed by atoms with Crippen LogP contribution in [0, 0.1) is 0 Å². The summed E-state index contributed by atoms with van der Waals surface area (Å²) in [5.74, 6) is 1.02. The molecule has 1 fully saturated rings. The van der Waals surface area contributed by atoms with Crippen molar-refractivity contribution < 1.29 is 13.2 Å². The fourth-order valence-electron chi connectivity index (χ4n) is 3.91. The van der Waals surface area contributed by atoms with Crippen LogP contribution in [-0.4, -0.2) is 57.3 Å². The van der Waals surface area contributed by atoms with E-state index in [2.05, 4.69) is 10.2 Å². The Balaban J connectivity index is 1.51. The van der Waals surface area contributed by atoms with Crippen LogP contribution in [0.2, 0.25) is 0 Å². The normalized spacial score (nSPS) is 17.3. The van der Waals surface area contributed by atoms with Gasteiger partial charge in [0.2, 0.25) is 5.91 Å². The zero-order valence-corrected chi connectivity index (χ0v) is 19.6. The Kier molecular flexibility index (Phi) is 6.95. The Morgan fingerprint density at radius 3 is 2.41 bits per heavy atom. The number of amides is 1. The molecule has 1 amide bonds. The van der Waals surface area contributed by atoms with Crippen LogP contribution >= 0.6 is 11.8 Å². The van der Waals surface area contributed by atoms with E-state index in [9.17, 15) is 13.2 Å². The molecule has 168 valence electrons. The molecule has 4 rings (SSSR count). The van der Waals surface area contributed by atoms with Crippen LogP contribution in [-0.2, 0) is 27.7 Å². The molecule has 32 heavy (non-hydrogen) atoms. The molecule has 2 heterocycles. The summed E-state index contributed by atoms with van der Waals surface area (Å²) in [6.45, 7) is 3.10. The van der Waals surface area contributed by atoms with E-state index < -0.39 is 9.84 Å². The molecule has 1 unspecified atom stereocenters. The van der Waals surface area contributed by atoms with Gasteiger partial charge in [-0.2, -0.15) is 0 Å². The van der Waals surface area contributed by atoms with Crippen molar-refractivity contribution in [3.63, 3.8) is 0 Å². The first-order valence-corrected chi connectivity index (χ1v) is 13.4. The molecule has 1 aromatic heterocycles. The average molecular weight is 471 g/mol. The second-order valence-corrected chi connectivity index (χ2v) is 10.9. The fourth-order valence-corrected chi connectivity index (χ4v) is 6.53. The third-order valence-corrected chi connectivity index (χ3v) is 8.26. The summed E-state index contributed by atoms with van der Waals surface area (Å²) in [6, 6.07) is 19.2. The molecule has 0 bridgehead atoms. The van der Waals surface area contributed by atoms with Crippen LogP contribution in [0.5, 0.6) is 0 Å². The number of sulfone groups is 1. The van der Waals surface area contributed by atoms with Crippen LogP contribution < -0.4 is 0 Å². The summed E-state index contributed by atoms with van der Waals surface area (Å²) in [6.07, 6.45) is 0.481. The Morgan fingerprint density at radius 1 is 1.09 bits per heavy atom. The van der Waals surface area contributed by atoms with E-state index in [0.29, 0.717) is 24.7 Å². The second-order valence-electron chi connectivity index (χ2n) is 7.77. The molecular weight excluding hydrogens is 444 g/mol. The Bertz CT molecular complexity index is 1160. The van der Waals surface area contributed by atoms with Crippen molar-refractivity contribution in [3.8, 4) is 11.4 Å². The van der Waals surface area contributed by atoms with E-state index in [1.54, 1.807) is 4.90 Å². The molecule has 1 aliphatic heterocycles. The van der Waals surface area contributed by atoms with Crippen LogP contribution in [0.15, 0.2) is 65.8 Å². The smallest absolute Gasteiger partial charge is 0.233 e. The van der Waals surface area contributed by atoms with Crippen LogP contribution in [0.1, 0.15) is 18.9 Å². The van der Waals surface area contributed by atoms with Gasteiger partial charge >= 0.3 is 0 Å². The van der Waals surface area contributed by atoms with Crippen molar-refractivity contribution >= 4 is 27.5 Å². The van der Waals surface area contributed by atoms with Gasteiger partial charge in [-0.1, -0.05) is 72.4 Å². The number of thioether (sulfide) groups is 1. The number of carbonyl (C=O) groups excluding carboxylic acids is 1. The molecule has 7 nitrogen and oxygen atoms in total. The second kappa shape index (κ2) is 9.87. The Hall–Kier alpha value is -2.65. The maximum Gasteiger partial charge on any atom is 0.233 e. The van der Waals surface area contributed by atoms with Crippen LogP contribution in [0.25, 0.3) is 11.4 Å². The molecule has 0 radical (unpaired) electrons. The largest absolute Gasteiger partial charge is 0.334 e. The molecule has 3 aromatic rings. The standard InChI is InChI=1S/C23H26N4O3S2/c1-2-26-22(19-11-7-4-8-12-19)24-25-23(26)31-16-21(28)27(15-18-9-5-3-6-10-18)20-13-14-32(29,30)17-20/h3-12,20H,2,13-17H2,1H3. The van der Waals surface area contributed by atoms with Crippen molar-refractivity contribution in [1.82, 2.24) is 19.7 Å². The van der Waals surface area contributed by atoms with E-state index in [1.807, 2.05) is 72.2 Å². The number of carbonyl (C=O) groups is 1. The van der Waals surface area contributed by atoms with E-state index in [4.69, 9.17) is 0 Å². The van der Waals surface area contributed by atoms with Gasteiger partial charge in [0.15, 0.2) is 20.8 Å². The van der Waals surface area contributed by atoms with Gasteiger partial charge in [0.1, 0.15) is 0 Å². The van der Waals surface area contributed by atoms with Crippen LogP contribution in [0.4, 0.5) is 0 Å². The average Bonchev–Trinajstić information content (AvgIpc) is 3.39. The van der Waals surface area contributed by atoms with Gasteiger partial charge in [-0.3, -0.25) is 4.79 Å². The summed E-state index contributed by atoms with van der Waals surface area (Å²) < 4.78 is 26.1. The van der Waals surface area contributed by atoms with Gasteiger partial charge in [-0.05, 0) is 18.9 Å². The minimum absolute atomic E-state index is 0.0273. The van der Waals surface area contributed by atoms with Gasteiger partial charge in [0, 0.05) is 24.7 Å². The summed E-state index contributed by atoms with van der Waals surface area (Å²) in [4.78, 5) is 15.0. The Labute approximate surface area is 192 Å². The van der Waals surface area contributed by atoms with Gasteiger partial charge in [-0.15, -0.1) is 10.2 Å². The first-order valence-electron chi connectivity index (χ1n) is 10.6. The molecular formula is C23H26N4O3S2. The van der Waals surface area contributed by atoms with Gasteiger partial charge in [0.25, 0.3) is 0 Å². The molecule has 2 aromatic carbocycles. The summed E-state index contributed by atoms with van der Waals surface area (Å²) in [7, 11) is -3.10. The zero-order chi connectivity index (χ0) is 22.6. The molecule has 0 spiro atoms. The minimum Gasteiger partial charge on any atom is -0.334 e. The van der Waals surface area contributed by atoms with Crippen molar-refractivity contribution in [3.05, 3.63) is 66.2 Å². The predicted molar refractivity (Wildman–Crippen MR) is 126 cm³/mol. The third kappa shape index (κ3) is 5.21. The maximum atomic E-state index is 13.2. The summed E-state index contributed by atoms with van der Waals surface area (Å²) in [5.41, 5.74) is 1.96. The van der Waals surface area contributed by atoms with Gasteiger partial charge in [0.05, 0.1) is 17.3 Å². The number of hydrogen-bond acceptors (Lipinski definition) is 6. The first kappa shape index (κ1) is 22.5. The van der Waals surface area contributed by atoms with Crippen LogP contribution in [0.3, 0.4) is 0 Å². The van der Waals surface area contributed by atoms with E-state index >= 15 is 0 Å². The molecule has 0 N–H and O–H groups in total. The fraction of sp³-hybridized carbons (Fsp3) is 0.348. The molecule has 0 saturated carbocycles. The lowest BCUT2D eigenvalue weighted by Crippen LogP contribution is -2.41. The van der Waals surface area contributed by atoms with Gasteiger partial charge in [-0.25, -0.2) is 8.42 Å². The summed E-state index contributed by atoms with van der Waals surface area (Å²) >= 11 is 1.34. The molecule has 9 heteroatoms. The SMILES string of the molecule is CCn1c(SCC(=O)N(Cc2ccccc2)C2CCS(=O)(=O)C2)nnc1-c1ccccc1. The van der Waals surface area contributed by atoms with Crippen molar-refractivity contribution in [1.29, 1.82) is 0 Å². The van der Waals surface area contributed by atoms with Crippen molar-refractivity contribution in [2.24, 2.45) is 0 Å². The number of benzene rings is 2. The highest BCUT2D eigenvalue weighted by Gasteiger charge is 2.34. The lowest BCUT2D eigenvalue weighted by molar-refractivity contribution is -0.130.